The van der Waals surface area contributed by atoms with Crippen LogP contribution in [0.25, 0.3) is 0 Å². The lowest BCUT2D eigenvalue weighted by Crippen LogP contribution is -2.04. The fraction of sp³-hybridized carbons (Fsp3) is 0.0833. The number of hydrogen-bond donors (Lipinski definition) is 0. The third-order valence-corrected chi connectivity index (χ3v) is 6.62. The smallest absolute Gasteiger partial charge is 0.257 e. The summed E-state index contributed by atoms with van der Waals surface area (Å²) in [6, 6.07) is 4.93. The zero-order valence-electron chi connectivity index (χ0n) is 11.8. The first-order valence-electron chi connectivity index (χ1n) is 6.28. The van der Waals surface area contributed by atoms with Gasteiger partial charge in [0.1, 0.15) is 6.20 Å². The molecular formula is C12H5F3N4O2S4. The van der Waals surface area contributed by atoms with Gasteiger partial charge in [-0.2, -0.15) is 13.2 Å². The van der Waals surface area contributed by atoms with Crippen LogP contribution in [0.5, 0.6) is 0 Å². The van der Waals surface area contributed by atoms with Gasteiger partial charge >= 0.3 is 11.2 Å². The first kappa shape index (κ1) is 18.1. The number of aromatic nitrogens is 3. The molecule has 3 aromatic rings. The van der Waals surface area contributed by atoms with Gasteiger partial charge in [0, 0.05) is 4.90 Å². The van der Waals surface area contributed by atoms with Crippen LogP contribution in [-0.4, -0.2) is 20.1 Å². The van der Waals surface area contributed by atoms with E-state index >= 15 is 0 Å². The van der Waals surface area contributed by atoms with Gasteiger partial charge in [0.15, 0.2) is 13.0 Å². The van der Waals surface area contributed by atoms with Crippen LogP contribution in [0.3, 0.4) is 0 Å². The molecule has 1 aromatic carbocycles. The maximum Gasteiger partial charge on any atom is 0.416 e. The summed E-state index contributed by atoms with van der Waals surface area (Å²) >= 11 is 4.27. The third kappa shape index (κ3) is 4.68. The predicted molar refractivity (Wildman–Crippen MR) is 88.4 cm³/mol. The van der Waals surface area contributed by atoms with Crippen LogP contribution >= 0.6 is 46.2 Å². The number of rotatable bonds is 5. The summed E-state index contributed by atoms with van der Waals surface area (Å²) in [6.45, 7) is 0. The Balaban J connectivity index is 1.70. The van der Waals surface area contributed by atoms with Crippen molar-refractivity contribution in [2.45, 2.75) is 24.1 Å². The van der Waals surface area contributed by atoms with E-state index in [9.17, 15) is 23.3 Å². The Morgan fingerprint density at radius 1 is 1.08 bits per heavy atom. The van der Waals surface area contributed by atoms with E-state index < -0.39 is 16.7 Å². The van der Waals surface area contributed by atoms with Gasteiger partial charge in [-0.3, -0.25) is 10.1 Å². The van der Waals surface area contributed by atoms with Crippen molar-refractivity contribution in [1.82, 2.24) is 15.2 Å². The Morgan fingerprint density at radius 2 is 1.80 bits per heavy atom. The molecule has 0 unspecified atom stereocenters. The molecule has 0 fully saturated rings. The van der Waals surface area contributed by atoms with Gasteiger partial charge in [-0.25, -0.2) is 4.98 Å². The van der Waals surface area contributed by atoms with Crippen molar-refractivity contribution >= 4 is 51.2 Å². The highest BCUT2D eigenvalue weighted by Gasteiger charge is 2.30. The van der Waals surface area contributed by atoms with E-state index in [0.29, 0.717) is 17.9 Å². The molecule has 0 aliphatic carbocycles. The number of nitrogens with zero attached hydrogens (tertiary/aromatic N) is 4. The van der Waals surface area contributed by atoms with Crippen LogP contribution in [0.2, 0.25) is 0 Å². The quantitative estimate of drug-likeness (QED) is 0.412. The fourth-order valence-corrected chi connectivity index (χ4v) is 5.61. The van der Waals surface area contributed by atoms with Gasteiger partial charge in [-0.1, -0.05) is 29.2 Å². The molecule has 0 saturated heterocycles. The molecule has 0 saturated carbocycles. The highest BCUT2D eigenvalue weighted by atomic mass is 32.2. The summed E-state index contributed by atoms with van der Waals surface area (Å²) in [7, 11) is 0. The molecule has 0 radical (unpaired) electrons. The van der Waals surface area contributed by atoms with E-state index in [1.165, 1.54) is 17.4 Å². The normalized spacial score (nSPS) is 11.6. The van der Waals surface area contributed by atoms with Crippen LogP contribution in [0.4, 0.5) is 18.2 Å². The number of halogens is 3. The molecule has 3 rings (SSSR count). The SMILES string of the molecule is O=[N+]([O-])c1cnc(Sc2nnc(Sc3cccc(C(F)(F)F)c3)s2)s1. The van der Waals surface area contributed by atoms with E-state index in [0.717, 1.165) is 53.2 Å². The molecule has 0 N–H and O–H groups in total. The van der Waals surface area contributed by atoms with Crippen LogP contribution in [0.15, 0.2) is 48.4 Å². The van der Waals surface area contributed by atoms with Crippen molar-refractivity contribution in [2.75, 3.05) is 0 Å². The maximum absolute atomic E-state index is 12.7. The molecule has 0 atom stereocenters. The first-order chi connectivity index (χ1) is 11.8. The van der Waals surface area contributed by atoms with Crippen LogP contribution < -0.4 is 0 Å². The second kappa shape index (κ2) is 7.27. The summed E-state index contributed by atoms with van der Waals surface area (Å²) < 4.78 is 39.6. The van der Waals surface area contributed by atoms with Gasteiger partial charge in [-0.05, 0) is 41.3 Å². The number of alkyl halides is 3. The van der Waals surface area contributed by atoms with Crippen molar-refractivity contribution in [1.29, 1.82) is 0 Å². The molecule has 13 heteroatoms. The average molecular weight is 422 g/mol. The van der Waals surface area contributed by atoms with Crippen molar-refractivity contribution in [3.05, 3.63) is 46.1 Å². The minimum absolute atomic E-state index is 0.0782. The molecule has 130 valence electrons. The molecule has 2 aromatic heterocycles. The molecule has 0 aliphatic heterocycles. The standard InChI is InChI=1S/C12H5F3N4O2S4/c13-12(14,15)6-2-1-3-7(4-6)22-10-17-18-11(25-10)24-9-16-5-8(23-9)19(20)21/h1-5H. The van der Waals surface area contributed by atoms with Crippen molar-refractivity contribution in [3.8, 4) is 0 Å². The van der Waals surface area contributed by atoms with E-state index in [1.807, 2.05) is 0 Å². The van der Waals surface area contributed by atoms with Crippen molar-refractivity contribution in [3.63, 3.8) is 0 Å². The second-order valence-corrected chi connectivity index (χ2v) is 9.09. The minimum atomic E-state index is -4.40. The van der Waals surface area contributed by atoms with Crippen LogP contribution in [0.1, 0.15) is 5.56 Å². The Bertz CT molecular complexity index is 912. The van der Waals surface area contributed by atoms with E-state index in [1.54, 1.807) is 6.07 Å². The Kier molecular flexibility index (Phi) is 5.27. The molecule has 0 amide bonds. The van der Waals surface area contributed by atoms with E-state index in [4.69, 9.17) is 0 Å². The largest absolute Gasteiger partial charge is 0.416 e. The highest BCUT2D eigenvalue weighted by molar-refractivity contribution is 8.04. The van der Waals surface area contributed by atoms with Gasteiger partial charge in [0.2, 0.25) is 0 Å². The lowest BCUT2D eigenvalue weighted by Gasteiger charge is -2.07. The first-order valence-corrected chi connectivity index (χ1v) is 9.54. The number of hydrogen-bond acceptors (Lipinski definition) is 9. The zero-order chi connectivity index (χ0) is 18.0. The van der Waals surface area contributed by atoms with Gasteiger partial charge in [0.25, 0.3) is 0 Å². The maximum atomic E-state index is 12.7. The van der Waals surface area contributed by atoms with Gasteiger partial charge in [-0.15, -0.1) is 10.2 Å². The minimum Gasteiger partial charge on any atom is -0.257 e. The monoisotopic (exact) mass is 422 g/mol. The van der Waals surface area contributed by atoms with Crippen molar-refractivity contribution < 1.29 is 18.1 Å². The zero-order valence-corrected chi connectivity index (χ0v) is 15.0. The highest BCUT2D eigenvalue weighted by Crippen LogP contribution is 2.40. The molecule has 0 bridgehead atoms. The molecule has 2 heterocycles. The van der Waals surface area contributed by atoms with Gasteiger partial charge < -0.3 is 0 Å². The predicted octanol–water partition coefficient (Wildman–Crippen LogP) is 5.22. The fourth-order valence-electron chi connectivity index (χ4n) is 1.57. The number of nitro groups is 1. The summed E-state index contributed by atoms with van der Waals surface area (Å²) in [5.74, 6) is 0. The average Bonchev–Trinajstić information content (AvgIpc) is 3.17. The van der Waals surface area contributed by atoms with Gasteiger partial charge in [0.05, 0.1) is 10.5 Å². The molecular weight excluding hydrogens is 417 g/mol. The van der Waals surface area contributed by atoms with Crippen LogP contribution in [0, 0.1) is 10.1 Å². The number of benzene rings is 1. The summed E-state index contributed by atoms with van der Waals surface area (Å²) in [5, 5.41) is 18.4. The van der Waals surface area contributed by atoms with E-state index in [-0.39, 0.29) is 5.00 Å². The summed E-state index contributed by atoms with van der Waals surface area (Å²) in [4.78, 5) is 14.4. The van der Waals surface area contributed by atoms with Crippen molar-refractivity contribution in [2.24, 2.45) is 0 Å². The topological polar surface area (TPSA) is 81.8 Å². The Labute approximate surface area is 154 Å². The lowest BCUT2D eigenvalue weighted by molar-refractivity contribution is -0.380. The second-order valence-electron chi connectivity index (χ2n) is 4.29. The van der Waals surface area contributed by atoms with E-state index in [2.05, 4.69) is 15.2 Å². The molecule has 6 nitrogen and oxygen atoms in total. The van der Waals surface area contributed by atoms with Crippen LogP contribution in [-0.2, 0) is 6.18 Å². The lowest BCUT2D eigenvalue weighted by atomic mass is 10.2. The third-order valence-electron chi connectivity index (χ3n) is 2.58. The summed E-state index contributed by atoms with van der Waals surface area (Å²) in [5.41, 5.74) is -0.730. The molecule has 25 heavy (non-hydrogen) atoms. The molecule has 0 aliphatic rings. The Morgan fingerprint density at radius 3 is 2.44 bits per heavy atom. The molecule has 0 spiro atoms. The number of thiazole rings is 1. The summed E-state index contributed by atoms with van der Waals surface area (Å²) in [6.07, 6.45) is -3.25. The Hall–Kier alpha value is -1.70.